The maximum absolute atomic E-state index is 12.7. The van der Waals surface area contributed by atoms with E-state index < -0.39 is 15.8 Å². The molecule has 0 aliphatic carbocycles. The molecule has 6 heteroatoms. The molecule has 18 heavy (non-hydrogen) atoms. The molecule has 0 bridgehead atoms. The number of benzene rings is 2. The van der Waals surface area contributed by atoms with Gasteiger partial charge in [-0.25, -0.2) is 12.8 Å². The molecule has 0 heterocycles. The highest BCUT2D eigenvalue weighted by Crippen LogP contribution is 2.17. The van der Waals surface area contributed by atoms with E-state index in [1.165, 1.54) is 36.4 Å². The number of hydrogen-bond acceptors (Lipinski definition) is 2. The molecule has 0 aromatic heterocycles. The lowest BCUT2D eigenvalue weighted by molar-refractivity contribution is 0.601. The molecule has 0 aliphatic heterocycles. The van der Waals surface area contributed by atoms with Crippen molar-refractivity contribution in [1.82, 2.24) is 0 Å². The molecule has 2 rings (SSSR count). The van der Waals surface area contributed by atoms with Gasteiger partial charge in [0, 0.05) is 9.26 Å². The van der Waals surface area contributed by atoms with Crippen LogP contribution in [0.1, 0.15) is 0 Å². The van der Waals surface area contributed by atoms with Gasteiger partial charge in [0.05, 0.1) is 4.90 Å². The lowest BCUT2D eigenvalue weighted by Crippen LogP contribution is -2.12. The lowest BCUT2D eigenvalue weighted by Gasteiger charge is -2.07. The largest absolute Gasteiger partial charge is 0.280 e. The van der Waals surface area contributed by atoms with Crippen LogP contribution in [0, 0.1) is 9.39 Å². The van der Waals surface area contributed by atoms with E-state index in [9.17, 15) is 12.8 Å². The highest BCUT2D eigenvalue weighted by atomic mass is 127. The summed E-state index contributed by atoms with van der Waals surface area (Å²) in [4.78, 5) is 0.173. The summed E-state index contributed by atoms with van der Waals surface area (Å²) in [6.45, 7) is 0. The van der Waals surface area contributed by atoms with E-state index in [0.717, 1.165) is 3.57 Å². The van der Waals surface area contributed by atoms with Crippen molar-refractivity contribution in [2.45, 2.75) is 4.90 Å². The first-order valence-corrected chi connectivity index (χ1v) is 7.57. The maximum atomic E-state index is 12.7. The number of anilines is 1. The molecule has 0 amide bonds. The summed E-state index contributed by atoms with van der Waals surface area (Å²) < 4.78 is 40.0. The van der Waals surface area contributed by atoms with E-state index in [-0.39, 0.29) is 4.90 Å². The molecule has 0 saturated heterocycles. The van der Waals surface area contributed by atoms with Crippen molar-refractivity contribution in [1.29, 1.82) is 0 Å². The van der Waals surface area contributed by atoms with Gasteiger partial charge in [0.15, 0.2) is 0 Å². The van der Waals surface area contributed by atoms with Crippen molar-refractivity contribution in [3.8, 4) is 0 Å². The Morgan fingerprint density at radius 2 is 1.50 bits per heavy atom. The van der Waals surface area contributed by atoms with Gasteiger partial charge in [-0.15, -0.1) is 0 Å². The molecule has 0 aliphatic rings. The van der Waals surface area contributed by atoms with E-state index in [4.69, 9.17) is 0 Å². The Balaban J connectivity index is 2.27. The molecule has 0 radical (unpaired) electrons. The van der Waals surface area contributed by atoms with Gasteiger partial charge in [0.2, 0.25) is 0 Å². The first-order chi connectivity index (χ1) is 8.47. The van der Waals surface area contributed by atoms with Crippen LogP contribution in [0.15, 0.2) is 53.4 Å². The topological polar surface area (TPSA) is 46.2 Å². The first-order valence-electron chi connectivity index (χ1n) is 5.01. The molecule has 94 valence electrons. The van der Waals surface area contributed by atoms with E-state index in [1.54, 1.807) is 12.1 Å². The minimum absolute atomic E-state index is 0.173. The highest BCUT2D eigenvalue weighted by molar-refractivity contribution is 14.1. The van der Waals surface area contributed by atoms with E-state index in [0.29, 0.717) is 5.69 Å². The van der Waals surface area contributed by atoms with Gasteiger partial charge in [-0.3, -0.25) is 4.72 Å². The average molecular weight is 377 g/mol. The quantitative estimate of drug-likeness (QED) is 0.835. The van der Waals surface area contributed by atoms with Crippen molar-refractivity contribution >= 4 is 38.3 Å². The van der Waals surface area contributed by atoms with Crippen molar-refractivity contribution in [2.24, 2.45) is 0 Å². The smallest absolute Gasteiger partial charge is 0.261 e. The van der Waals surface area contributed by atoms with Crippen LogP contribution in [0.5, 0.6) is 0 Å². The fraction of sp³-hybridized carbons (Fsp3) is 0. The summed E-state index contributed by atoms with van der Waals surface area (Å²) in [6, 6.07) is 11.6. The summed E-state index contributed by atoms with van der Waals surface area (Å²) in [5.41, 5.74) is 0.329. The molecule has 0 fully saturated rings. The van der Waals surface area contributed by atoms with Gasteiger partial charge >= 0.3 is 0 Å². The van der Waals surface area contributed by atoms with Crippen LogP contribution in [0.3, 0.4) is 0 Å². The predicted octanol–water partition coefficient (Wildman–Crippen LogP) is 3.23. The SMILES string of the molecule is O=S(=O)(Nc1ccc(F)cc1)c1ccc(I)cc1. The molecule has 2 aromatic rings. The van der Waals surface area contributed by atoms with Crippen LogP contribution in [0.4, 0.5) is 10.1 Å². The molecular formula is C12H9FINO2S. The zero-order valence-corrected chi connectivity index (χ0v) is 12.1. The van der Waals surface area contributed by atoms with E-state index in [2.05, 4.69) is 27.3 Å². The molecular weight excluding hydrogens is 368 g/mol. The van der Waals surface area contributed by atoms with Crippen molar-refractivity contribution in [3.63, 3.8) is 0 Å². The molecule has 1 N–H and O–H groups in total. The maximum Gasteiger partial charge on any atom is 0.261 e. The minimum Gasteiger partial charge on any atom is -0.280 e. The van der Waals surface area contributed by atoms with Crippen molar-refractivity contribution in [2.75, 3.05) is 4.72 Å². The average Bonchev–Trinajstić information content (AvgIpc) is 2.32. The zero-order valence-electron chi connectivity index (χ0n) is 9.10. The van der Waals surface area contributed by atoms with Gasteiger partial charge in [-0.1, -0.05) is 0 Å². The fourth-order valence-corrected chi connectivity index (χ4v) is 2.76. The normalized spacial score (nSPS) is 11.2. The third kappa shape index (κ3) is 3.20. The van der Waals surface area contributed by atoms with Gasteiger partial charge < -0.3 is 0 Å². The Hall–Kier alpha value is -1.15. The van der Waals surface area contributed by atoms with Gasteiger partial charge in [-0.2, -0.15) is 0 Å². The van der Waals surface area contributed by atoms with Crippen molar-refractivity contribution < 1.29 is 12.8 Å². The van der Waals surface area contributed by atoms with Crippen molar-refractivity contribution in [3.05, 3.63) is 57.9 Å². The Morgan fingerprint density at radius 3 is 2.06 bits per heavy atom. The van der Waals surface area contributed by atoms with Crippen LogP contribution in [-0.4, -0.2) is 8.42 Å². The number of hydrogen-bond donors (Lipinski definition) is 1. The lowest BCUT2D eigenvalue weighted by atomic mass is 10.3. The number of rotatable bonds is 3. The zero-order chi connectivity index (χ0) is 13.2. The number of halogens is 2. The third-order valence-electron chi connectivity index (χ3n) is 2.22. The number of nitrogens with one attached hydrogen (secondary N) is 1. The Labute approximate surface area is 118 Å². The molecule has 0 atom stereocenters. The summed E-state index contributed by atoms with van der Waals surface area (Å²) in [5.74, 6) is -0.410. The third-order valence-corrected chi connectivity index (χ3v) is 4.34. The predicted molar refractivity (Wildman–Crippen MR) is 76.4 cm³/mol. The summed E-state index contributed by atoms with van der Waals surface area (Å²) in [6.07, 6.45) is 0. The Kier molecular flexibility index (Phi) is 3.86. The molecule has 3 nitrogen and oxygen atoms in total. The molecule has 0 unspecified atom stereocenters. The second kappa shape index (κ2) is 5.23. The van der Waals surface area contributed by atoms with Crippen LogP contribution in [0.25, 0.3) is 0 Å². The molecule has 0 saturated carbocycles. The van der Waals surface area contributed by atoms with Crippen LogP contribution in [-0.2, 0) is 10.0 Å². The second-order valence-corrected chi connectivity index (χ2v) is 6.49. The Morgan fingerprint density at radius 1 is 0.944 bits per heavy atom. The Bertz CT molecular complexity index is 639. The molecule has 0 spiro atoms. The number of sulfonamides is 1. The van der Waals surface area contributed by atoms with Crippen LogP contribution >= 0.6 is 22.6 Å². The second-order valence-electron chi connectivity index (χ2n) is 3.57. The van der Waals surface area contributed by atoms with Crippen LogP contribution in [0.2, 0.25) is 0 Å². The first kappa shape index (κ1) is 13.3. The van der Waals surface area contributed by atoms with Gasteiger partial charge in [0.1, 0.15) is 5.82 Å². The van der Waals surface area contributed by atoms with E-state index in [1.807, 2.05) is 0 Å². The highest BCUT2D eigenvalue weighted by Gasteiger charge is 2.13. The minimum atomic E-state index is -3.62. The fourth-order valence-electron chi connectivity index (χ4n) is 1.35. The van der Waals surface area contributed by atoms with Crippen LogP contribution < -0.4 is 4.72 Å². The van der Waals surface area contributed by atoms with Gasteiger partial charge in [-0.05, 0) is 71.1 Å². The molecule has 2 aromatic carbocycles. The standard InChI is InChI=1S/C12H9FINO2S/c13-9-1-5-11(6-2-9)15-18(16,17)12-7-3-10(14)4-8-12/h1-8,15H. The van der Waals surface area contributed by atoms with E-state index >= 15 is 0 Å². The monoisotopic (exact) mass is 377 g/mol. The summed E-state index contributed by atoms with van der Waals surface area (Å²) >= 11 is 2.09. The summed E-state index contributed by atoms with van der Waals surface area (Å²) in [5, 5.41) is 0. The summed E-state index contributed by atoms with van der Waals surface area (Å²) in [7, 11) is -3.62. The van der Waals surface area contributed by atoms with Gasteiger partial charge in [0.25, 0.3) is 10.0 Å².